The van der Waals surface area contributed by atoms with Crippen LogP contribution in [0.5, 0.6) is 0 Å². The van der Waals surface area contributed by atoms with Crippen LogP contribution in [0.3, 0.4) is 0 Å². The van der Waals surface area contributed by atoms with Crippen molar-refractivity contribution in [3.8, 4) is 11.3 Å². The third kappa shape index (κ3) is 2.35. The van der Waals surface area contributed by atoms with Crippen molar-refractivity contribution in [2.45, 2.75) is 6.54 Å². The molecule has 4 heteroatoms. The first-order valence-corrected chi connectivity index (χ1v) is 4.77. The lowest BCUT2D eigenvalue weighted by Crippen LogP contribution is -2.09. The SMILES string of the molecule is CNCc1nccc(-c2ccncc2)n1. The Morgan fingerprint density at radius 3 is 2.67 bits per heavy atom. The summed E-state index contributed by atoms with van der Waals surface area (Å²) in [4.78, 5) is 12.6. The van der Waals surface area contributed by atoms with Crippen LogP contribution in [0.4, 0.5) is 0 Å². The molecule has 0 amide bonds. The Kier molecular flexibility index (Phi) is 2.99. The van der Waals surface area contributed by atoms with E-state index in [1.54, 1.807) is 18.6 Å². The van der Waals surface area contributed by atoms with Crippen LogP contribution in [-0.2, 0) is 6.54 Å². The highest BCUT2D eigenvalue weighted by Crippen LogP contribution is 2.14. The van der Waals surface area contributed by atoms with Crippen LogP contribution >= 0.6 is 0 Å². The zero-order valence-electron chi connectivity index (χ0n) is 8.51. The van der Waals surface area contributed by atoms with Gasteiger partial charge < -0.3 is 5.32 Å². The van der Waals surface area contributed by atoms with E-state index >= 15 is 0 Å². The Balaban J connectivity index is 2.33. The summed E-state index contributed by atoms with van der Waals surface area (Å²) in [7, 11) is 1.88. The van der Waals surface area contributed by atoms with Crippen LogP contribution in [0.2, 0.25) is 0 Å². The summed E-state index contributed by atoms with van der Waals surface area (Å²) in [5, 5.41) is 3.03. The van der Waals surface area contributed by atoms with E-state index in [4.69, 9.17) is 0 Å². The van der Waals surface area contributed by atoms with Gasteiger partial charge in [-0.05, 0) is 25.2 Å². The first-order chi connectivity index (χ1) is 7.40. The maximum absolute atomic E-state index is 4.43. The average molecular weight is 200 g/mol. The summed E-state index contributed by atoms with van der Waals surface area (Å²) >= 11 is 0. The summed E-state index contributed by atoms with van der Waals surface area (Å²) < 4.78 is 0. The van der Waals surface area contributed by atoms with E-state index in [0.29, 0.717) is 6.54 Å². The van der Waals surface area contributed by atoms with Gasteiger partial charge in [-0.25, -0.2) is 9.97 Å². The van der Waals surface area contributed by atoms with Crippen LogP contribution in [0.15, 0.2) is 36.8 Å². The van der Waals surface area contributed by atoms with Crippen LogP contribution in [0, 0.1) is 0 Å². The molecule has 0 radical (unpaired) electrons. The number of hydrogen-bond acceptors (Lipinski definition) is 4. The van der Waals surface area contributed by atoms with Crippen molar-refractivity contribution in [1.29, 1.82) is 0 Å². The van der Waals surface area contributed by atoms with E-state index in [9.17, 15) is 0 Å². The fourth-order valence-electron chi connectivity index (χ4n) is 1.33. The molecule has 2 aromatic rings. The number of hydrogen-bond donors (Lipinski definition) is 1. The Bertz CT molecular complexity index is 428. The van der Waals surface area contributed by atoms with Crippen molar-refractivity contribution in [3.05, 3.63) is 42.6 Å². The van der Waals surface area contributed by atoms with Gasteiger partial charge in [-0.15, -0.1) is 0 Å². The van der Waals surface area contributed by atoms with Gasteiger partial charge in [0.15, 0.2) is 0 Å². The number of rotatable bonds is 3. The maximum Gasteiger partial charge on any atom is 0.142 e. The highest BCUT2D eigenvalue weighted by Gasteiger charge is 2.00. The van der Waals surface area contributed by atoms with Gasteiger partial charge in [-0.2, -0.15) is 0 Å². The second kappa shape index (κ2) is 4.61. The fraction of sp³-hybridized carbons (Fsp3) is 0.182. The van der Waals surface area contributed by atoms with E-state index in [1.165, 1.54) is 0 Å². The van der Waals surface area contributed by atoms with E-state index in [1.807, 2.05) is 25.2 Å². The molecule has 0 aliphatic carbocycles. The van der Waals surface area contributed by atoms with Crippen molar-refractivity contribution in [3.63, 3.8) is 0 Å². The first kappa shape index (κ1) is 9.73. The van der Waals surface area contributed by atoms with Crippen LogP contribution in [-0.4, -0.2) is 22.0 Å². The maximum atomic E-state index is 4.43. The van der Waals surface area contributed by atoms with Gasteiger partial charge in [0, 0.05) is 24.2 Å². The molecular weight excluding hydrogens is 188 g/mol. The minimum atomic E-state index is 0.679. The molecule has 76 valence electrons. The molecule has 0 aliphatic rings. The topological polar surface area (TPSA) is 50.7 Å². The van der Waals surface area contributed by atoms with Crippen molar-refractivity contribution < 1.29 is 0 Å². The van der Waals surface area contributed by atoms with Crippen molar-refractivity contribution in [2.75, 3.05) is 7.05 Å². The predicted octanol–water partition coefficient (Wildman–Crippen LogP) is 1.26. The van der Waals surface area contributed by atoms with Crippen LogP contribution in [0.1, 0.15) is 5.82 Å². The summed E-state index contributed by atoms with van der Waals surface area (Å²) in [6.45, 7) is 0.679. The highest BCUT2D eigenvalue weighted by molar-refractivity contribution is 5.57. The molecule has 0 saturated carbocycles. The van der Waals surface area contributed by atoms with Crippen LogP contribution < -0.4 is 5.32 Å². The fourth-order valence-corrected chi connectivity index (χ4v) is 1.33. The minimum Gasteiger partial charge on any atom is -0.313 e. The molecular formula is C11H12N4. The number of nitrogens with zero attached hydrogens (tertiary/aromatic N) is 3. The standard InChI is InChI=1S/C11H12N4/c1-12-8-11-14-7-4-10(15-11)9-2-5-13-6-3-9/h2-7,12H,8H2,1H3. The third-order valence-electron chi connectivity index (χ3n) is 2.02. The molecule has 0 fully saturated rings. The molecule has 0 unspecified atom stereocenters. The van der Waals surface area contributed by atoms with Crippen molar-refractivity contribution in [2.24, 2.45) is 0 Å². The van der Waals surface area contributed by atoms with Gasteiger partial charge in [-0.3, -0.25) is 4.98 Å². The van der Waals surface area contributed by atoms with E-state index in [-0.39, 0.29) is 0 Å². The molecule has 0 aromatic carbocycles. The second-order valence-electron chi connectivity index (χ2n) is 3.12. The number of aromatic nitrogens is 3. The zero-order valence-corrected chi connectivity index (χ0v) is 8.51. The Labute approximate surface area is 88.4 Å². The lowest BCUT2D eigenvalue weighted by atomic mass is 10.2. The van der Waals surface area contributed by atoms with Gasteiger partial charge in [0.25, 0.3) is 0 Å². The molecule has 0 atom stereocenters. The summed E-state index contributed by atoms with van der Waals surface area (Å²) in [6, 6.07) is 5.77. The molecule has 15 heavy (non-hydrogen) atoms. The predicted molar refractivity (Wildman–Crippen MR) is 58.0 cm³/mol. The van der Waals surface area contributed by atoms with Gasteiger partial charge in [-0.1, -0.05) is 0 Å². The highest BCUT2D eigenvalue weighted by atomic mass is 14.9. The van der Waals surface area contributed by atoms with E-state index in [0.717, 1.165) is 17.1 Å². The number of pyridine rings is 1. The van der Waals surface area contributed by atoms with Crippen molar-refractivity contribution in [1.82, 2.24) is 20.3 Å². The summed E-state index contributed by atoms with van der Waals surface area (Å²) in [6.07, 6.45) is 5.29. The average Bonchev–Trinajstić information content (AvgIpc) is 2.31. The molecule has 0 saturated heterocycles. The largest absolute Gasteiger partial charge is 0.313 e. The van der Waals surface area contributed by atoms with Gasteiger partial charge in [0.1, 0.15) is 5.82 Å². The third-order valence-corrected chi connectivity index (χ3v) is 2.02. The molecule has 0 spiro atoms. The van der Waals surface area contributed by atoms with Gasteiger partial charge >= 0.3 is 0 Å². The van der Waals surface area contributed by atoms with E-state index < -0.39 is 0 Å². The van der Waals surface area contributed by atoms with Gasteiger partial charge in [0.2, 0.25) is 0 Å². The Morgan fingerprint density at radius 1 is 1.13 bits per heavy atom. The Morgan fingerprint density at radius 2 is 1.93 bits per heavy atom. The first-order valence-electron chi connectivity index (χ1n) is 4.77. The normalized spacial score (nSPS) is 10.2. The lowest BCUT2D eigenvalue weighted by Gasteiger charge is -2.02. The summed E-state index contributed by atoms with van der Waals surface area (Å²) in [5.74, 6) is 0.798. The minimum absolute atomic E-state index is 0.679. The zero-order chi connectivity index (χ0) is 10.5. The molecule has 4 nitrogen and oxygen atoms in total. The van der Waals surface area contributed by atoms with E-state index in [2.05, 4.69) is 20.3 Å². The molecule has 2 heterocycles. The smallest absolute Gasteiger partial charge is 0.142 e. The van der Waals surface area contributed by atoms with Crippen LogP contribution in [0.25, 0.3) is 11.3 Å². The molecule has 2 aromatic heterocycles. The second-order valence-corrected chi connectivity index (χ2v) is 3.12. The van der Waals surface area contributed by atoms with Gasteiger partial charge in [0.05, 0.1) is 12.2 Å². The lowest BCUT2D eigenvalue weighted by molar-refractivity contribution is 0.759. The monoisotopic (exact) mass is 200 g/mol. The Hall–Kier alpha value is -1.81. The molecule has 1 N–H and O–H groups in total. The summed E-state index contributed by atoms with van der Waals surface area (Å²) in [5.41, 5.74) is 1.99. The molecule has 0 aliphatic heterocycles. The number of nitrogens with one attached hydrogen (secondary N) is 1. The molecule has 0 bridgehead atoms. The quantitative estimate of drug-likeness (QED) is 0.810. The molecule has 2 rings (SSSR count). The van der Waals surface area contributed by atoms with Crippen molar-refractivity contribution >= 4 is 0 Å².